The standard InChI is InChI=1S/C14H14BrNO2S/c15-12-7-9-19-13(12)10-16-14(17)6-8-18-11-4-2-1-3-5-11/h1-5,7,9H,6,8,10H2,(H,16,17). The molecule has 0 saturated carbocycles. The predicted octanol–water partition coefficient (Wildman–Crippen LogP) is 3.60. The molecule has 3 nitrogen and oxygen atoms in total. The highest BCUT2D eigenvalue weighted by molar-refractivity contribution is 9.10. The lowest BCUT2D eigenvalue weighted by Gasteiger charge is -2.06. The zero-order chi connectivity index (χ0) is 13.5. The minimum absolute atomic E-state index is 0.00349. The number of hydrogen-bond donors (Lipinski definition) is 1. The molecule has 0 aliphatic rings. The Balaban J connectivity index is 1.66. The molecule has 0 atom stereocenters. The van der Waals surface area contributed by atoms with Gasteiger partial charge in [-0.2, -0.15) is 0 Å². The van der Waals surface area contributed by atoms with Gasteiger partial charge in [0.15, 0.2) is 0 Å². The topological polar surface area (TPSA) is 38.3 Å². The largest absolute Gasteiger partial charge is 0.493 e. The number of halogens is 1. The third-order valence-electron chi connectivity index (χ3n) is 2.48. The highest BCUT2D eigenvalue weighted by Gasteiger charge is 2.05. The Morgan fingerprint density at radius 1 is 1.26 bits per heavy atom. The van der Waals surface area contributed by atoms with Gasteiger partial charge in [0.25, 0.3) is 0 Å². The van der Waals surface area contributed by atoms with Gasteiger partial charge >= 0.3 is 0 Å². The van der Waals surface area contributed by atoms with Gasteiger partial charge in [-0.15, -0.1) is 11.3 Å². The first kappa shape index (κ1) is 14.1. The number of amides is 1. The second kappa shape index (κ2) is 7.31. The Morgan fingerprint density at radius 3 is 2.74 bits per heavy atom. The number of benzene rings is 1. The van der Waals surface area contributed by atoms with Gasteiger partial charge in [-0.25, -0.2) is 0 Å². The molecule has 0 radical (unpaired) electrons. The van der Waals surface area contributed by atoms with Crippen LogP contribution in [0.5, 0.6) is 5.75 Å². The van der Waals surface area contributed by atoms with Gasteiger partial charge in [-0.05, 0) is 39.5 Å². The zero-order valence-corrected chi connectivity index (χ0v) is 12.7. The summed E-state index contributed by atoms with van der Waals surface area (Å²) in [5.74, 6) is 0.785. The van der Waals surface area contributed by atoms with Gasteiger partial charge in [0.05, 0.1) is 19.6 Å². The molecule has 0 unspecified atom stereocenters. The molecule has 2 aromatic rings. The summed E-state index contributed by atoms with van der Waals surface area (Å²) in [7, 11) is 0. The summed E-state index contributed by atoms with van der Waals surface area (Å²) in [5.41, 5.74) is 0. The second-order valence-electron chi connectivity index (χ2n) is 3.88. The first-order valence-electron chi connectivity index (χ1n) is 5.92. The van der Waals surface area contributed by atoms with Gasteiger partial charge in [-0.3, -0.25) is 4.79 Å². The summed E-state index contributed by atoms with van der Waals surface area (Å²) < 4.78 is 6.51. The van der Waals surface area contributed by atoms with Gasteiger partial charge < -0.3 is 10.1 Å². The third kappa shape index (κ3) is 4.69. The quantitative estimate of drug-likeness (QED) is 0.873. The van der Waals surface area contributed by atoms with Crippen molar-refractivity contribution in [2.45, 2.75) is 13.0 Å². The maximum Gasteiger partial charge on any atom is 0.223 e. The molecule has 19 heavy (non-hydrogen) atoms. The van der Waals surface area contributed by atoms with Crippen LogP contribution in [0.3, 0.4) is 0 Å². The maximum atomic E-state index is 11.6. The van der Waals surface area contributed by atoms with E-state index in [0.29, 0.717) is 19.6 Å². The SMILES string of the molecule is O=C(CCOc1ccccc1)NCc1sccc1Br. The van der Waals surface area contributed by atoms with Gasteiger partial charge in [0.1, 0.15) is 5.75 Å². The molecular formula is C14H14BrNO2S. The number of carbonyl (C=O) groups is 1. The van der Waals surface area contributed by atoms with Crippen molar-refractivity contribution in [3.63, 3.8) is 0 Å². The fourth-order valence-corrected chi connectivity index (χ4v) is 2.93. The summed E-state index contributed by atoms with van der Waals surface area (Å²) in [4.78, 5) is 12.8. The van der Waals surface area contributed by atoms with Crippen LogP contribution < -0.4 is 10.1 Å². The van der Waals surface area contributed by atoms with E-state index in [4.69, 9.17) is 4.74 Å². The van der Waals surface area contributed by atoms with Crippen molar-refractivity contribution >= 4 is 33.2 Å². The van der Waals surface area contributed by atoms with Crippen LogP contribution in [0.25, 0.3) is 0 Å². The summed E-state index contributed by atoms with van der Waals surface area (Å²) in [5, 5.41) is 4.86. The number of ether oxygens (including phenoxy) is 1. The van der Waals surface area contributed by atoms with E-state index in [2.05, 4.69) is 21.2 Å². The average Bonchev–Trinajstić information content (AvgIpc) is 2.83. The van der Waals surface area contributed by atoms with Crippen molar-refractivity contribution in [3.05, 3.63) is 51.1 Å². The van der Waals surface area contributed by atoms with E-state index in [0.717, 1.165) is 15.1 Å². The Bertz CT molecular complexity index is 527. The summed E-state index contributed by atoms with van der Waals surface area (Å²) >= 11 is 5.05. The number of para-hydroxylation sites is 1. The smallest absolute Gasteiger partial charge is 0.223 e. The molecule has 0 bridgehead atoms. The number of nitrogens with one attached hydrogen (secondary N) is 1. The van der Waals surface area contributed by atoms with Gasteiger partial charge in [0, 0.05) is 9.35 Å². The Morgan fingerprint density at radius 2 is 2.05 bits per heavy atom. The molecule has 1 heterocycles. The van der Waals surface area contributed by atoms with E-state index in [-0.39, 0.29) is 5.91 Å². The minimum atomic E-state index is -0.00349. The Labute approximate surface area is 124 Å². The van der Waals surface area contributed by atoms with E-state index in [1.54, 1.807) is 11.3 Å². The molecule has 1 amide bonds. The van der Waals surface area contributed by atoms with Crippen LogP contribution in [0.2, 0.25) is 0 Å². The molecule has 0 aliphatic carbocycles. The summed E-state index contributed by atoms with van der Waals surface area (Å²) in [6.07, 6.45) is 0.359. The fourth-order valence-electron chi connectivity index (χ4n) is 1.50. The van der Waals surface area contributed by atoms with Crippen molar-refractivity contribution in [2.75, 3.05) is 6.61 Å². The number of carbonyl (C=O) groups excluding carboxylic acids is 1. The molecule has 0 aliphatic heterocycles. The van der Waals surface area contributed by atoms with E-state index < -0.39 is 0 Å². The van der Waals surface area contributed by atoms with Crippen LogP contribution in [0.1, 0.15) is 11.3 Å². The lowest BCUT2D eigenvalue weighted by Crippen LogP contribution is -2.24. The molecule has 2 rings (SSSR count). The molecule has 1 aromatic carbocycles. The first-order valence-corrected chi connectivity index (χ1v) is 7.59. The monoisotopic (exact) mass is 339 g/mol. The van der Waals surface area contributed by atoms with Crippen molar-refractivity contribution in [1.29, 1.82) is 0 Å². The van der Waals surface area contributed by atoms with Crippen LogP contribution >= 0.6 is 27.3 Å². The third-order valence-corrected chi connectivity index (χ3v) is 4.40. The fraction of sp³-hybridized carbons (Fsp3) is 0.214. The molecule has 0 spiro atoms. The van der Waals surface area contributed by atoms with Crippen LogP contribution in [0, 0.1) is 0 Å². The summed E-state index contributed by atoms with van der Waals surface area (Å²) in [6, 6.07) is 11.5. The van der Waals surface area contributed by atoms with E-state index in [1.807, 2.05) is 41.8 Å². The normalized spacial score (nSPS) is 10.2. The Kier molecular flexibility index (Phi) is 5.42. The predicted molar refractivity (Wildman–Crippen MR) is 80.4 cm³/mol. The highest BCUT2D eigenvalue weighted by Crippen LogP contribution is 2.22. The van der Waals surface area contributed by atoms with Crippen molar-refractivity contribution in [2.24, 2.45) is 0 Å². The molecule has 5 heteroatoms. The lowest BCUT2D eigenvalue weighted by molar-refractivity contribution is -0.121. The van der Waals surface area contributed by atoms with Crippen molar-refractivity contribution in [3.8, 4) is 5.75 Å². The molecule has 1 aromatic heterocycles. The van der Waals surface area contributed by atoms with Crippen molar-refractivity contribution < 1.29 is 9.53 Å². The van der Waals surface area contributed by atoms with Gasteiger partial charge in [0.2, 0.25) is 5.91 Å². The number of hydrogen-bond acceptors (Lipinski definition) is 3. The summed E-state index contributed by atoms with van der Waals surface area (Å²) in [6.45, 7) is 0.948. The second-order valence-corrected chi connectivity index (χ2v) is 5.73. The van der Waals surface area contributed by atoms with Crippen molar-refractivity contribution in [1.82, 2.24) is 5.32 Å². The van der Waals surface area contributed by atoms with Crippen LogP contribution in [-0.4, -0.2) is 12.5 Å². The zero-order valence-electron chi connectivity index (χ0n) is 10.3. The number of thiophene rings is 1. The van der Waals surface area contributed by atoms with Gasteiger partial charge in [-0.1, -0.05) is 18.2 Å². The van der Waals surface area contributed by atoms with Crippen LogP contribution in [0.4, 0.5) is 0 Å². The van der Waals surface area contributed by atoms with Crippen LogP contribution in [0.15, 0.2) is 46.3 Å². The lowest BCUT2D eigenvalue weighted by atomic mass is 10.3. The average molecular weight is 340 g/mol. The van der Waals surface area contributed by atoms with E-state index in [1.165, 1.54) is 0 Å². The molecule has 0 fully saturated rings. The molecule has 100 valence electrons. The molecule has 0 saturated heterocycles. The highest BCUT2D eigenvalue weighted by atomic mass is 79.9. The van der Waals surface area contributed by atoms with E-state index in [9.17, 15) is 4.79 Å². The molecule has 1 N–H and O–H groups in total. The molecular weight excluding hydrogens is 326 g/mol. The Hall–Kier alpha value is -1.33. The minimum Gasteiger partial charge on any atom is -0.493 e. The maximum absolute atomic E-state index is 11.6. The first-order chi connectivity index (χ1) is 9.25. The number of rotatable bonds is 6. The van der Waals surface area contributed by atoms with E-state index >= 15 is 0 Å². The van der Waals surface area contributed by atoms with Crippen LogP contribution in [-0.2, 0) is 11.3 Å².